The van der Waals surface area contributed by atoms with Crippen LogP contribution in [0.15, 0.2) is 40.9 Å². The van der Waals surface area contributed by atoms with Crippen LogP contribution in [0.3, 0.4) is 0 Å². The maximum absolute atomic E-state index is 5.29. The highest BCUT2D eigenvalue weighted by atomic mass is 79.9. The smallest absolute Gasteiger partial charge is 0.133 e. The SMILES string of the molecule is CNC(Cc1ccc(OC)c(Br)c1)c1cc(C)ccc1C. The maximum Gasteiger partial charge on any atom is 0.133 e. The van der Waals surface area contributed by atoms with Crippen molar-refractivity contribution in [1.82, 2.24) is 5.32 Å². The van der Waals surface area contributed by atoms with Gasteiger partial charge in [-0.1, -0.05) is 29.8 Å². The molecule has 3 heteroatoms. The molecule has 0 saturated heterocycles. The zero-order chi connectivity index (χ0) is 15.4. The molecule has 0 aliphatic heterocycles. The second-order valence-corrected chi connectivity index (χ2v) is 6.23. The minimum absolute atomic E-state index is 0.310. The van der Waals surface area contributed by atoms with Gasteiger partial charge in [0.2, 0.25) is 0 Å². The monoisotopic (exact) mass is 347 g/mol. The molecular formula is C18H22BrNO. The molecule has 21 heavy (non-hydrogen) atoms. The summed E-state index contributed by atoms with van der Waals surface area (Å²) in [7, 11) is 3.71. The van der Waals surface area contributed by atoms with Crippen LogP contribution in [0.1, 0.15) is 28.3 Å². The number of likely N-dealkylation sites (N-methyl/N-ethyl adjacent to an activating group) is 1. The van der Waals surface area contributed by atoms with Gasteiger partial charge in [-0.3, -0.25) is 0 Å². The van der Waals surface area contributed by atoms with Crippen LogP contribution in [0, 0.1) is 13.8 Å². The van der Waals surface area contributed by atoms with Gasteiger partial charge in [0.1, 0.15) is 5.75 Å². The van der Waals surface area contributed by atoms with Crippen molar-refractivity contribution in [3.05, 3.63) is 63.1 Å². The van der Waals surface area contributed by atoms with Crippen molar-refractivity contribution in [1.29, 1.82) is 0 Å². The molecule has 1 unspecified atom stereocenters. The van der Waals surface area contributed by atoms with Crippen molar-refractivity contribution in [3.63, 3.8) is 0 Å². The highest BCUT2D eigenvalue weighted by molar-refractivity contribution is 9.10. The van der Waals surface area contributed by atoms with Gasteiger partial charge < -0.3 is 10.1 Å². The van der Waals surface area contributed by atoms with Crippen LogP contribution in [0.2, 0.25) is 0 Å². The number of hydrogen-bond donors (Lipinski definition) is 1. The molecule has 0 radical (unpaired) electrons. The summed E-state index contributed by atoms with van der Waals surface area (Å²) in [5.41, 5.74) is 5.27. The van der Waals surface area contributed by atoms with E-state index in [1.165, 1.54) is 22.3 Å². The summed E-state index contributed by atoms with van der Waals surface area (Å²) in [6.07, 6.45) is 0.948. The van der Waals surface area contributed by atoms with Crippen molar-refractivity contribution in [2.45, 2.75) is 26.3 Å². The molecule has 0 heterocycles. The molecule has 1 N–H and O–H groups in total. The summed E-state index contributed by atoms with van der Waals surface area (Å²) in [5.74, 6) is 0.867. The van der Waals surface area contributed by atoms with Crippen LogP contribution in [0.5, 0.6) is 5.75 Å². The first kappa shape index (κ1) is 16.1. The number of rotatable bonds is 5. The van der Waals surface area contributed by atoms with E-state index < -0.39 is 0 Å². The van der Waals surface area contributed by atoms with Crippen LogP contribution in [-0.4, -0.2) is 14.2 Å². The maximum atomic E-state index is 5.29. The third-order valence-corrected chi connectivity index (χ3v) is 4.43. The first-order valence-electron chi connectivity index (χ1n) is 7.12. The summed E-state index contributed by atoms with van der Waals surface area (Å²) in [4.78, 5) is 0. The Morgan fingerprint density at radius 3 is 2.52 bits per heavy atom. The van der Waals surface area contributed by atoms with Crippen molar-refractivity contribution >= 4 is 15.9 Å². The van der Waals surface area contributed by atoms with Crippen molar-refractivity contribution in [2.24, 2.45) is 0 Å². The fraction of sp³-hybridized carbons (Fsp3) is 0.333. The van der Waals surface area contributed by atoms with Gasteiger partial charge in [0.25, 0.3) is 0 Å². The molecule has 112 valence electrons. The average molecular weight is 348 g/mol. The minimum atomic E-state index is 0.310. The second-order valence-electron chi connectivity index (χ2n) is 5.37. The summed E-state index contributed by atoms with van der Waals surface area (Å²) in [6, 6.07) is 13.2. The average Bonchev–Trinajstić information content (AvgIpc) is 2.47. The van der Waals surface area contributed by atoms with Gasteiger partial charge in [-0.05, 0) is 72.1 Å². The molecule has 0 fully saturated rings. The Morgan fingerprint density at radius 2 is 1.90 bits per heavy atom. The Hall–Kier alpha value is -1.32. The lowest BCUT2D eigenvalue weighted by Crippen LogP contribution is -2.20. The fourth-order valence-electron chi connectivity index (χ4n) is 2.58. The molecule has 0 saturated carbocycles. The van der Waals surface area contributed by atoms with Crippen LogP contribution in [-0.2, 0) is 6.42 Å². The Balaban J connectivity index is 2.26. The van der Waals surface area contributed by atoms with Crippen molar-refractivity contribution in [3.8, 4) is 5.75 Å². The fourth-order valence-corrected chi connectivity index (χ4v) is 3.16. The van der Waals surface area contributed by atoms with E-state index in [4.69, 9.17) is 4.74 Å². The lowest BCUT2D eigenvalue weighted by atomic mass is 9.94. The Kier molecular flexibility index (Phi) is 5.43. The summed E-state index contributed by atoms with van der Waals surface area (Å²) in [6.45, 7) is 4.31. The van der Waals surface area contributed by atoms with Crippen LogP contribution in [0.4, 0.5) is 0 Å². The standard InChI is InChI=1S/C18H22BrNO/c1-12-5-6-13(2)15(9-12)17(20-3)11-14-7-8-18(21-4)16(19)10-14/h5-10,17,20H,11H2,1-4H3. The Bertz CT molecular complexity index is 625. The topological polar surface area (TPSA) is 21.3 Å². The van der Waals surface area contributed by atoms with E-state index in [0.717, 1.165) is 16.6 Å². The predicted molar refractivity (Wildman–Crippen MR) is 92.1 cm³/mol. The van der Waals surface area contributed by atoms with E-state index in [1.807, 2.05) is 13.1 Å². The molecule has 1 atom stereocenters. The third-order valence-electron chi connectivity index (χ3n) is 3.81. The largest absolute Gasteiger partial charge is 0.496 e. The van der Waals surface area contributed by atoms with E-state index in [9.17, 15) is 0 Å². The van der Waals surface area contributed by atoms with E-state index in [0.29, 0.717) is 6.04 Å². The normalized spacial score (nSPS) is 12.2. The first-order valence-corrected chi connectivity index (χ1v) is 7.91. The number of benzene rings is 2. The molecule has 0 spiro atoms. The van der Waals surface area contributed by atoms with Gasteiger partial charge >= 0.3 is 0 Å². The highest BCUT2D eigenvalue weighted by Crippen LogP contribution is 2.28. The molecule has 2 aromatic carbocycles. The van der Waals surface area contributed by atoms with Crippen LogP contribution in [0.25, 0.3) is 0 Å². The van der Waals surface area contributed by atoms with Gasteiger partial charge in [-0.2, -0.15) is 0 Å². The molecule has 2 rings (SSSR count). The zero-order valence-electron chi connectivity index (χ0n) is 13.0. The third kappa shape index (κ3) is 3.86. The molecule has 0 amide bonds. The van der Waals surface area contributed by atoms with Crippen molar-refractivity contribution in [2.75, 3.05) is 14.2 Å². The first-order chi connectivity index (χ1) is 10.0. The van der Waals surface area contributed by atoms with E-state index >= 15 is 0 Å². The van der Waals surface area contributed by atoms with Gasteiger partial charge in [-0.15, -0.1) is 0 Å². The number of aryl methyl sites for hydroxylation is 2. The van der Waals surface area contributed by atoms with Gasteiger partial charge in [0.05, 0.1) is 11.6 Å². The Morgan fingerprint density at radius 1 is 1.14 bits per heavy atom. The van der Waals surface area contributed by atoms with Crippen molar-refractivity contribution < 1.29 is 4.74 Å². The molecule has 2 nitrogen and oxygen atoms in total. The lowest BCUT2D eigenvalue weighted by Gasteiger charge is -2.20. The van der Waals surface area contributed by atoms with Gasteiger partial charge in [0, 0.05) is 6.04 Å². The van der Waals surface area contributed by atoms with E-state index in [1.54, 1.807) is 7.11 Å². The summed E-state index contributed by atoms with van der Waals surface area (Å²) in [5, 5.41) is 3.44. The minimum Gasteiger partial charge on any atom is -0.496 e. The highest BCUT2D eigenvalue weighted by Gasteiger charge is 2.13. The number of nitrogens with one attached hydrogen (secondary N) is 1. The molecule has 0 aromatic heterocycles. The quantitative estimate of drug-likeness (QED) is 0.854. The molecule has 0 aliphatic rings. The number of ether oxygens (including phenoxy) is 1. The van der Waals surface area contributed by atoms with E-state index in [2.05, 4.69) is 65.4 Å². The summed E-state index contributed by atoms with van der Waals surface area (Å²) < 4.78 is 6.29. The molecule has 0 bridgehead atoms. The zero-order valence-corrected chi connectivity index (χ0v) is 14.6. The molecule has 0 aliphatic carbocycles. The van der Waals surface area contributed by atoms with Crippen LogP contribution < -0.4 is 10.1 Å². The van der Waals surface area contributed by atoms with Gasteiger partial charge in [-0.25, -0.2) is 0 Å². The number of hydrogen-bond acceptors (Lipinski definition) is 2. The predicted octanol–water partition coefficient (Wildman–Crippen LogP) is 4.58. The van der Waals surface area contributed by atoms with Gasteiger partial charge in [0.15, 0.2) is 0 Å². The molecular weight excluding hydrogens is 326 g/mol. The number of halogens is 1. The van der Waals surface area contributed by atoms with Crippen LogP contribution >= 0.6 is 15.9 Å². The molecule has 2 aromatic rings. The van der Waals surface area contributed by atoms with E-state index in [-0.39, 0.29) is 0 Å². The number of methoxy groups -OCH3 is 1. The Labute approximate surface area is 135 Å². The summed E-state index contributed by atoms with van der Waals surface area (Å²) >= 11 is 3.56. The lowest BCUT2D eigenvalue weighted by molar-refractivity contribution is 0.412. The second kappa shape index (κ2) is 7.10.